The van der Waals surface area contributed by atoms with Gasteiger partial charge in [0.1, 0.15) is 79.7 Å². The quantitative estimate of drug-likeness (QED) is 0.0125. The minimum atomic E-state index is -0.975. The molecule has 0 spiro atoms. The van der Waals surface area contributed by atoms with Crippen LogP contribution in [0.1, 0.15) is 69.7 Å². The number of hydrogen-bond acceptors (Lipinski definition) is 17. The molecule has 5 N–H and O–H groups in total. The molecule has 32 heteroatoms. The van der Waals surface area contributed by atoms with E-state index in [1.807, 2.05) is 48.5 Å². The Morgan fingerprint density at radius 2 is 0.864 bits per heavy atom. The number of amides is 6. The second-order valence-electron chi connectivity index (χ2n) is 29.6. The summed E-state index contributed by atoms with van der Waals surface area (Å²) in [5.41, 5.74) is 12.2. The van der Waals surface area contributed by atoms with Crippen LogP contribution in [0, 0.1) is 0 Å². The summed E-state index contributed by atoms with van der Waals surface area (Å²) < 4.78 is 11.6. The molecule has 0 aromatic carbocycles. The number of imide groups is 2. The lowest BCUT2D eigenvalue weighted by Gasteiger charge is -2.38. The molecule has 0 bridgehead atoms. The molecule has 2 fully saturated rings. The molecular formula is C56H106N28O4+6. The van der Waals surface area contributed by atoms with Crippen molar-refractivity contribution >= 4 is 23.9 Å². The second kappa shape index (κ2) is 28.2. The van der Waals surface area contributed by atoms with E-state index >= 15 is 0 Å². The summed E-state index contributed by atoms with van der Waals surface area (Å²) in [7, 11) is 25.8. The normalized spacial score (nSPS) is 17.4. The molecule has 7 rings (SSSR count). The standard InChI is InChI=1S/C56H104N28O4/c1-55(2)51(85)77(53(87)59-55)24-18-29-83(32-21-58-66-57-20-31-79(5,6)7,42-47-38-74(69-62-47)26-33-80(8,9)10)41-46-36-72(67-61-46)22-17-23-73-37-48(63-68-73)43-84(30-19-25-78-52(86)56(3,4)60-54(78)88,44-49-39-75(70-64-49)27-34-81(11,12)13)45-50-40-76(71-65-50)28-35-82(14,15)16/h36-40H,17-35,41-45H2,1-16H3,(H3-2,57,58,59,60,61,62,63,64,65,66,67,68,69,70,71,87,88)/q+4/p+2. The molecule has 4 aromatic heterocycles. The highest BCUT2D eigenvalue weighted by molar-refractivity contribution is 6.07. The van der Waals surface area contributed by atoms with Crippen LogP contribution < -0.4 is 27.0 Å². The zero-order valence-electron chi connectivity index (χ0n) is 55.8. The average molecular weight is 1240 g/mol. The number of nitrogens with one attached hydrogen (secondary N) is 5. The number of rotatable bonds is 38. The Kier molecular flexibility index (Phi) is 21.9. The zero-order chi connectivity index (χ0) is 64.4. The number of nitrogens with zero attached hydrogens (tertiary/aromatic N) is 23. The minimum absolute atomic E-state index is 0.243. The van der Waals surface area contributed by atoms with Crippen LogP contribution in [0.3, 0.4) is 0 Å². The molecule has 0 aliphatic carbocycles. The van der Waals surface area contributed by atoms with E-state index in [-0.39, 0.29) is 37.0 Å². The van der Waals surface area contributed by atoms with E-state index in [1.54, 1.807) is 27.7 Å². The highest BCUT2D eigenvalue weighted by Gasteiger charge is 2.46. The molecule has 1 atom stereocenters. The number of carbonyl (C=O) groups excluding carboxylic acids is 4. The van der Waals surface area contributed by atoms with Gasteiger partial charge in [-0.3, -0.25) is 34.5 Å². The first-order valence-electron chi connectivity index (χ1n) is 30.9. The van der Waals surface area contributed by atoms with Gasteiger partial charge in [-0.25, -0.2) is 23.6 Å². The van der Waals surface area contributed by atoms with Crippen LogP contribution in [0.2, 0.25) is 0 Å². The number of carbonyl (C=O) groups is 4. The molecule has 1 unspecified atom stereocenters. The summed E-state index contributed by atoms with van der Waals surface area (Å²) >= 11 is 0. The third kappa shape index (κ3) is 21.0. The SMILES string of the molecule is CC1(C)NC(=O)N(CCC[N+](CCN=NNCC[N+](C)(C)C)(Cc2cn(CCCN3C=C(C[N+](CCCN4C(=O)NC(C)(C)C4=O)(Cc4cn(CC[N+](C)(C)C)nn4)Cc4cn(CC[N+](C)(C)C)nn4)NN3)nn2)Cc2cn(CC[N+](C)(C)C)nn2)C1=O. The first-order chi connectivity index (χ1) is 41.1. The second-order valence-corrected chi connectivity index (χ2v) is 29.6. The Morgan fingerprint density at radius 1 is 0.466 bits per heavy atom. The van der Waals surface area contributed by atoms with E-state index in [9.17, 15) is 19.2 Å². The van der Waals surface area contributed by atoms with Crippen LogP contribution >= 0.6 is 0 Å². The predicted molar refractivity (Wildman–Crippen MR) is 328 cm³/mol. The molecule has 2 saturated heterocycles. The average Bonchev–Trinajstić information content (AvgIpc) is 2.31. The van der Waals surface area contributed by atoms with Crippen molar-refractivity contribution in [2.24, 2.45) is 10.3 Å². The lowest BCUT2D eigenvalue weighted by molar-refractivity contribution is -0.953. The third-order valence-corrected chi connectivity index (χ3v) is 15.9. The van der Waals surface area contributed by atoms with Gasteiger partial charge in [0.25, 0.3) is 11.8 Å². The van der Waals surface area contributed by atoms with E-state index in [4.69, 9.17) is 15.3 Å². The van der Waals surface area contributed by atoms with Crippen LogP contribution in [-0.2, 0) is 61.9 Å². The Hall–Kier alpha value is -7.10. The lowest BCUT2D eigenvalue weighted by Crippen LogP contribution is -2.51. The third-order valence-electron chi connectivity index (χ3n) is 15.9. The van der Waals surface area contributed by atoms with Crippen molar-refractivity contribution in [2.45, 2.75) is 110 Å². The van der Waals surface area contributed by atoms with Gasteiger partial charge in [0.15, 0.2) is 0 Å². The van der Waals surface area contributed by atoms with Crippen molar-refractivity contribution in [3.05, 3.63) is 59.5 Å². The number of likely N-dealkylation sites (N-methyl/N-ethyl adjacent to an activating group) is 4. The monoisotopic (exact) mass is 1230 g/mol. The van der Waals surface area contributed by atoms with Gasteiger partial charge in [0.2, 0.25) is 0 Å². The van der Waals surface area contributed by atoms with Crippen LogP contribution in [0.5, 0.6) is 0 Å². The maximum Gasteiger partial charge on any atom is 0.325 e. The van der Waals surface area contributed by atoms with Crippen LogP contribution in [0.25, 0.3) is 0 Å². The first kappa shape index (κ1) is 68.4. The van der Waals surface area contributed by atoms with Crippen molar-refractivity contribution in [2.75, 3.05) is 170 Å². The Bertz CT molecular complexity index is 2960. The largest absolute Gasteiger partial charge is 0.329 e. The summed E-state index contributed by atoms with van der Waals surface area (Å²) in [5, 5.41) is 53.7. The molecule has 0 saturated carbocycles. The maximum absolute atomic E-state index is 13.4. The zero-order valence-corrected chi connectivity index (χ0v) is 55.8. The molecule has 88 heavy (non-hydrogen) atoms. The first-order valence-corrected chi connectivity index (χ1v) is 30.9. The van der Waals surface area contributed by atoms with Gasteiger partial charge in [-0.05, 0) is 34.1 Å². The minimum Gasteiger partial charge on any atom is -0.329 e. The summed E-state index contributed by atoms with van der Waals surface area (Å²) in [6.45, 7) is 19.5. The van der Waals surface area contributed by atoms with Crippen molar-refractivity contribution in [1.82, 2.24) is 102 Å². The molecule has 7 heterocycles. The van der Waals surface area contributed by atoms with Gasteiger partial charge in [0, 0.05) is 45.2 Å². The highest BCUT2D eigenvalue weighted by Crippen LogP contribution is 2.26. The molecule has 3 aliphatic heterocycles. The number of hydrazine groups is 2. The van der Waals surface area contributed by atoms with Gasteiger partial charge in [0.05, 0.1) is 181 Å². The van der Waals surface area contributed by atoms with Gasteiger partial charge < -0.3 is 43.0 Å². The number of quaternary nitrogens is 6. The van der Waals surface area contributed by atoms with Crippen molar-refractivity contribution in [3.8, 4) is 0 Å². The smallest absolute Gasteiger partial charge is 0.325 e. The van der Waals surface area contributed by atoms with E-state index in [2.05, 4.69) is 154 Å². The van der Waals surface area contributed by atoms with Crippen LogP contribution in [0.4, 0.5) is 9.59 Å². The van der Waals surface area contributed by atoms with Gasteiger partial charge in [-0.1, -0.05) is 26.1 Å². The van der Waals surface area contributed by atoms with E-state index < -0.39 is 11.1 Å². The number of urea groups is 2. The maximum atomic E-state index is 13.4. The molecule has 32 nitrogen and oxygen atoms in total. The lowest BCUT2D eigenvalue weighted by atomic mass is 10.1. The summed E-state index contributed by atoms with van der Waals surface area (Å²) in [5.74, 6) is -0.490. The fraction of sp³-hybridized carbons (Fsp3) is 0.750. The summed E-state index contributed by atoms with van der Waals surface area (Å²) in [6.07, 6.45) is 11.9. The number of aryl methyl sites for hydroxylation is 1. The summed E-state index contributed by atoms with van der Waals surface area (Å²) in [4.78, 5) is 55.5. The van der Waals surface area contributed by atoms with Crippen LogP contribution in [-0.4, -0.2) is 306 Å². The van der Waals surface area contributed by atoms with Crippen LogP contribution in [0.15, 0.2) is 47.0 Å². The Labute approximate surface area is 519 Å². The molecule has 488 valence electrons. The number of aromatic nitrogens is 12. The van der Waals surface area contributed by atoms with Gasteiger partial charge in [-0.2, -0.15) is 5.11 Å². The van der Waals surface area contributed by atoms with Crippen molar-refractivity contribution < 1.29 is 46.1 Å². The van der Waals surface area contributed by atoms with E-state index in [0.717, 1.165) is 79.0 Å². The topological polar surface area (TPSA) is 286 Å². The fourth-order valence-corrected chi connectivity index (χ4v) is 10.9. The van der Waals surface area contributed by atoms with E-state index in [0.29, 0.717) is 120 Å². The molecule has 6 amide bonds. The molecular weight excluding hydrogens is 1130 g/mol. The number of hydrogen-bond donors (Lipinski definition) is 5. The van der Waals surface area contributed by atoms with Gasteiger partial charge >= 0.3 is 12.1 Å². The van der Waals surface area contributed by atoms with E-state index in [1.165, 1.54) is 9.80 Å². The Balaban J connectivity index is 1.09. The predicted octanol–water partition coefficient (Wildman–Crippen LogP) is -0.434. The fourth-order valence-electron chi connectivity index (χ4n) is 10.9. The molecule has 0 radical (unpaired) electrons. The highest BCUT2D eigenvalue weighted by atomic mass is 16.2. The van der Waals surface area contributed by atoms with Gasteiger partial charge in [-0.15, -0.1) is 25.9 Å². The molecule has 4 aromatic rings. The Morgan fingerprint density at radius 3 is 1.26 bits per heavy atom. The summed E-state index contributed by atoms with van der Waals surface area (Å²) in [6, 6.07) is -0.772. The van der Waals surface area contributed by atoms with Crippen molar-refractivity contribution in [3.63, 3.8) is 0 Å². The van der Waals surface area contributed by atoms with Crippen molar-refractivity contribution in [1.29, 1.82) is 0 Å². The molecule has 3 aliphatic rings.